The highest BCUT2D eigenvalue weighted by Crippen LogP contribution is 2.37. The Kier molecular flexibility index (Phi) is 6.94. The Balaban J connectivity index is 1.40. The van der Waals surface area contributed by atoms with Crippen molar-refractivity contribution < 1.29 is 9.53 Å². The molecular weight excluding hydrogens is 400 g/mol. The largest absolute Gasteiger partial charge is 0.383 e. The topological polar surface area (TPSA) is 69.4 Å². The van der Waals surface area contributed by atoms with E-state index in [0.717, 1.165) is 43.8 Å². The second kappa shape index (κ2) is 9.83. The van der Waals surface area contributed by atoms with E-state index >= 15 is 0 Å². The number of likely N-dealkylation sites (tertiary alicyclic amines) is 1. The second-order valence-electron chi connectivity index (χ2n) is 8.05. The normalized spacial score (nSPS) is 19.2. The summed E-state index contributed by atoms with van der Waals surface area (Å²) in [4.78, 5) is 28.8. The molecule has 0 radical (unpaired) electrons. The lowest BCUT2D eigenvalue weighted by atomic mass is 9.97. The molecule has 1 saturated carbocycles. The van der Waals surface area contributed by atoms with Crippen molar-refractivity contribution in [3.05, 3.63) is 46.6 Å². The molecular formula is C22H30N4O3S. The van der Waals surface area contributed by atoms with Crippen LogP contribution in [-0.4, -0.2) is 57.7 Å². The zero-order chi connectivity index (χ0) is 20.9. The van der Waals surface area contributed by atoms with E-state index in [1.165, 1.54) is 9.58 Å². The summed E-state index contributed by atoms with van der Waals surface area (Å²) in [6.45, 7) is 2.38. The SMILES string of the molecule is COCCn1nc(C2CCCN(C(=O)CCSc3ccccc3)C2)n(C2CC2)c1=O. The van der Waals surface area contributed by atoms with Crippen molar-refractivity contribution in [2.24, 2.45) is 0 Å². The average Bonchev–Trinajstić information content (AvgIpc) is 3.56. The lowest BCUT2D eigenvalue weighted by Crippen LogP contribution is -2.40. The number of nitrogens with zero attached hydrogens (tertiary/aromatic N) is 4. The van der Waals surface area contributed by atoms with Crippen molar-refractivity contribution in [3.8, 4) is 0 Å². The molecule has 0 N–H and O–H groups in total. The Morgan fingerprint density at radius 1 is 1.23 bits per heavy atom. The van der Waals surface area contributed by atoms with Gasteiger partial charge in [-0.15, -0.1) is 11.8 Å². The molecule has 7 nitrogen and oxygen atoms in total. The summed E-state index contributed by atoms with van der Waals surface area (Å²) in [5.74, 6) is 1.96. The van der Waals surface area contributed by atoms with Crippen LogP contribution < -0.4 is 5.69 Å². The minimum atomic E-state index is -0.0349. The van der Waals surface area contributed by atoms with Gasteiger partial charge in [0.25, 0.3) is 0 Å². The van der Waals surface area contributed by atoms with Gasteiger partial charge in [0, 0.05) is 49.2 Å². The number of methoxy groups -OCH3 is 1. The molecule has 0 spiro atoms. The predicted molar refractivity (Wildman–Crippen MR) is 117 cm³/mol. The third-order valence-electron chi connectivity index (χ3n) is 5.78. The first-order chi connectivity index (χ1) is 14.7. The molecule has 8 heteroatoms. The van der Waals surface area contributed by atoms with Gasteiger partial charge in [-0.05, 0) is 37.8 Å². The molecule has 0 bridgehead atoms. The van der Waals surface area contributed by atoms with Gasteiger partial charge in [-0.1, -0.05) is 18.2 Å². The number of amides is 1. The first-order valence-corrected chi connectivity index (χ1v) is 11.8. The smallest absolute Gasteiger partial charge is 0.346 e. The number of benzene rings is 1. The molecule has 162 valence electrons. The maximum atomic E-state index is 12.8. The van der Waals surface area contributed by atoms with Crippen molar-refractivity contribution >= 4 is 17.7 Å². The van der Waals surface area contributed by atoms with Gasteiger partial charge in [0.15, 0.2) is 0 Å². The number of aromatic nitrogens is 3. The van der Waals surface area contributed by atoms with Gasteiger partial charge in [-0.25, -0.2) is 9.48 Å². The molecule has 1 aromatic heterocycles. The summed E-state index contributed by atoms with van der Waals surface area (Å²) in [7, 11) is 1.63. The fourth-order valence-electron chi connectivity index (χ4n) is 4.06. The minimum Gasteiger partial charge on any atom is -0.383 e. The van der Waals surface area contributed by atoms with E-state index in [2.05, 4.69) is 17.2 Å². The van der Waals surface area contributed by atoms with Crippen LogP contribution in [0.15, 0.2) is 40.0 Å². The number of piperidine rings is 1. The van der Waals surface area contributed by atoms with Gasteiger partial charge in [0.1, 0.15) is 5.82 Å². The summed E-state index contributed by atoms with van der Waals surface area (Å²) in [6.07, 6.45) is 4.52. The molecule has 1 atom stereocenters. The zero-order valence-electron chi connectivity index (χ0n) is 17.5. The van der Waals surface area contributed by atoms with Crippen molar-refractivity contribution in [1.29, 1.82) is 0 Å². The Bertz CT molecular complexity index is 907. The molecule has 4 rings (SSSR count). The molecule has 30 heavy (non-hydrogen) atoms. The van der Waals surface area contributed by atoms with E-state index < -0.39 is 0 Å². The first kappa shape index (κ1) is 21.2. The summed E-state index contributed by atoms with van der Waals surface area (Å²) < 4.78 is 8.55. The fourth-order valence-corrected chi connectivity index (χ4v) is 4.92. The molecule has 1 aliphatic heterocycles. The molecule has 2 fully saturated rings. The minimum absolute atomic E-state index is 0.0349. The summed E-state index contributed by atoms with van der Waals surface area (Å²) in [6, 6.07) is 10.5. The number of thioether (sulfide) groups is 1. The molecule has 1 aromatic carbocycles. The predicted octanol–water partition coefficient (Wildman–Crippen LogP) is 2.91. The maximum Gasteiger partial charge on any atom is 0.346 e. The molecule has 2 aliphatic rings. The standard InChI is InChI=1S/C22H30N4O3S/c1-29-14-13-25-22(28)26(18-9-10-18)21(23-25)17-6-5-12-24(16-17)20(27)11-15-30-19-7-3-2-4-8-19/h2-4,7-8,17-18H,5-6,9-16H2,1H3. The molecule has 1 saturated heterocycles. The van der Waals surface area contributed by atoms with Crippen molar-refractivity contribution in [3.63, 3.8) is 0 Å². The van der Waals surface area contributed by atoms with Crippen molar-refractivity contribution in [1.82, 2.24) is 19.2 Å². The number of carbonyl (C=O) groups is 1. The Labute approximate surface area is 181 Å². The van der Waals surface area contributed by atoms with Crippen molar-refractivity contribution in [2.75, 3.05) is 32.6 Å². The monoisotopic (exact) mass is 430 g/mol. The first-order valence-electron chi connectivity index (χ1n) is 10.8. The number of hydrogen-bond acceptors (Lipinski definition) is 5. The lowest BCUT2D eigenvalue weighted by Gasteiger charge is -2.32. The van der Waals surface area contributed by atoms with Crippen LogP contribution >= 0.6 is 11.8 Å². The summed E-state index contributed by atoms with van der Waals surface area (Å²) in [5.41, 5.74) is -0.0349. The third kappa shape index (κ3) is 4.98. The fraction of sp³-hybridized carbons (Fsp3) is 0.591. The van der Waals surface area contributed by atoms with E-state index in [1.54, 1.807) is 18.9 Å². The number of ether oxygens (including phenoxy) is 1. The average molecular weight is 431 g/mol. The van der Waals surface area contributed by atoms with Crippen LogP contribution in [0.2, 0.25) is 0 Å². The molecule has 1 aliphatic carbocycles. The molecule has 2 heterocycles. The van der Waals surface area contributed by atoms with Crippen LogP contribution in [0.3, 0.4) is 0 Å². The lowest BCUT2D eigenvalue weighted by molar-refractivity contribution is -0.132. The van der Waals surface area contributed by atoms with Crippen LogP contribution in [-0.2, 0) is 16.1 Å². The third-order valence-corrected chi connectivity index (χ3v) is 6.80. The van der Waals surface area contributed by atoms with Gasteiger partial charge < -0.3 is 9.64 Å². The Morgan fingerprint density at radius 2 is 2.03 bits per heavy atom. The number of hydrogen-bond donors (Lipinski definition) is 0. The van der Waals surface area contributed by atoms with Crippen LogP contribution in [0.5, 0.6) is 0 Å². The van der Waals surface area contributed by atoms with Gasteiger partial charge >= 0.3 is 5.69 Å². The number of carbonyl (C=O) groups excluding carboxylic acids is 1. The number of rotatable bonds is 9. The van der Waals surface area contributed by atoms with Gasteiger partial charge in [-0.2, -0.15) is 5.10 Å². The van der Waals surface area contributed by atoms with Crippen LogP contribution in [0.25, 0.3) is 0 Å². The maximum absolute atomic E-state index is 12.8. The summed E-state index contributed by atoms with van der Waals surface area (Å²) >= 11 is 1.72. The molecule has 2 aromatic rings. The molecule has 1 amide bonds. The van der Waals surface area contributed by atoms with E-state index in [9.17, 15) is 9.59 Å². The van der Waals surface area contributed by atoms with Gasteiger partial charge in [-0.3, -0.25) is 9.36 Å². The van der Waals surface area contributed by atoms with E-state index in [-0.39, 0.29) is 23.6 Å². The van der Waals surface area contributed by atoms with Gasteiger partial charge in [0.05, 0.1) is 13.2 Å². The van der Waals surface area contributed by atoms with Crippen LogP contribution in [0.1, 0.15) is 49.9 Å². The molecule has 1 unspecified atom stereocenters. The van der Waals surface area contributed by atoms with Crippen LogP contribution in [0, 0.1) is 0 Å². The van der Waals surface area contributed by atoms with E-state index in [0.29, 0.717) is 26.1 Å². The van der Waals surface area contributed by atoms with Gasteiger partial charge in [0.2, 0.25) is 5.91 Å². The second-order valence-corrected chi connectivity index (χ2v) is 9.22. The highest BCUT2D eigenvalue weighted by molar-refractivity contribution is 7.99. The van der Waals surface area contributed by atoms with Crippen molar-refractivity contribution in [2.45, 2.75) is 55.5 Å². The quantitative estimate of drug-likeness (QED) is 0.572. The van der Waals surface area contributed by atoms with E-state index in [1.807, 2.05) is 27.7 Å². The van der Waals surface area contributed by atoms with E-state index in [4.69, 9.17) is 4.74 Å². The Morgan fingerprint density at radius 3 is 2.77 bits per heavy atom. The zero-order valence-corrected chi connectivity index (χ0v) is 18.4. The highest BCUT2D eigenvalue weighted by atomic mass is 32.2. The highest BCUT2D eigenvalue weighted by Gasteiger charge is 2.35. The summed E-state index contributed by atoms with van der Waals surface area (Å²) in [5, 5.41) is 4.67. The Hall–Kier alpha value is -2.06. The van der Waals surface area contributed by atoms with Crippen LogP contribution in [0.4, 0.5) is 0 Å².